The molecule has 1 atom stereocenters. The van der Waals surface area contributed by atoms with Crippen molar-refractivity contribution in [2.45, 2.75) is 10.9 Å². The minimum atomic E-state index is -0.363. The van der Waals surface area contributed by atoms with Crippen LogP contribution in [0.3, 0.4) is 0 Å². The van der Waals surface area contributed by atoms with Gasteiger partial charge in [0.25, 0.3) is 5.56 Å². The first kappa shape index (κ1) is 26.4. The van der Waals surface area contributed by atoms with Crippen LogP contribution in [0.25, 0.3) is 38.6 Å². The van der Waals surface area contributed by atoms with Crippen molar-refractivity contribution in [3.05, 3.63) is 160 Å². The second-order valence-electron chi connectivity index (χ2n) is 11.2. The van der Waals surface area contributed by atoms with Gasteiger partial charge >= 0.3 is 0 Å². The van der Waals surface area contributed by atoms with Gasteiger partial charge in [-0.15, -0.1) is 12.6 Å². The Labute approximate surface area is 269 Å². The lowest BCUT2D eigenvalue weighted by atomic mass is 9.98. The maximum absolute atomic E-state index is 14.0. The van der Waals surface area contributed by atoms with E-state index in [1.54, 1.807) is 23.2 Å². The van der Waals surface area contributed by atoms with E-state index in [9.17, 15) is 4.79 Å². The van der Waals surface area contributed by atoms with Crippen LogP contribution in [0, 0.1) is 11.8 Å². The van der Waals surface area contributed by atoms with Crippen LogP contribution in [-0.2, 0) is 0 Å². The van der Waals surface area contributed by atoms with Crippen molar-refractivity contribution in [3.63, 3.8) is 0 Å². The molecule has 4 heterocycles. The fraction of sp³-hybridized carbons (Fsp3) is 0.0256. The number of fused-ring (bicyclic) bond motifs is 7. The van der Waals surface area contributed by atoms with Crippen molar-refractivity contribution in [1.29, 1.82) is 0 Å². The van der Waals surface area contributed by atoms with Crippen molar-refractivity contribution in [2.75, 3.05) is 4.90 Å². The third-order valence-electron chi connectivity index (χ3n) is 8.71. The minimum Gasteiger partial charge on any atom is -0.291 e. The Balaban J connectivity index is 1.32. The monoisotopic (exact) mass is 609 g/mol. The molecule has 0 saturated carbocycles. The van der Waals surface area contributed by atoms with E-state index in [0.29, 0.717) is 22.4 Å². The molecular weight excluding hydrogens is 587 g/mol. The zero-order valence-electron chi connectivity index (χ0n) is 24.3. The summed E-state index contributed by atoms with van der Waals surface area (Å²) in [4.78, 5) is 31.3. The highest BCUT2D eigenvalue weighted by Gasteiger charge is 2.37. The molecule has 1 aliphatic heterocycles. The summed E-state index contributed by atoms with van der Waals surface area (Å²) >= 11 is 4.78. The fourth-order valence-electron chi connectivity index (χ4n) is 6.70. The Hall–Kier alpha value is -5.97. The first-order valence-electron chi connectivity index (χ1n) is 14.9. The Morgan fingerprint density at radius 3 is 2.33 bits per heavy atom. The number of aromatic nitrogens is 4. The second kappa shape index (κ2) is 10.3. The van der Waals surface area contributed by atoms with E-state index in [-0.39, 0.29) is 11.6 Å². The van der Waals surface area contributed by atoms with Gasteiger partial charge in [-0.2, -0.15) is 0 Å². The summed E-state index contributed by atoms with van der Waals surface area (Å²) in [5.41, 5.74) is 6.87. The van der Waals surface area contributed by atoms with Gasteiger partial charge in [-0.3, -0.25) is 19.2 Å². The first-order valence-corrected chi connectivity index (χ1v) is 15.4. The van der Waals surface area contributed by atoms with E-state index in [2.05, 4.69) is 70.3 Å². The number of rotatable bonds is 3. The van der Waals surface area contributed by atoms with E-state index < -0.39 is 0 Å². The molecule has 0 saturated heterocycles. The topological polar surface area (TPSA) is 63.9 Å². The van der Waals surface area contributed by atoms with Crippen molar-refractivity contribution in [3.8, 4) is 17.5 Å². The lowest BCUT2D eigenvalue weighted by Gasteiger charge is -2.22. The molecule has 0 spiro atoms. The Kier molecular flexibility index (Phi) is 5.92. The summed E-state index contributed by atoms with van der Waals surface area (Å²) < 4.78 is 1.68. The second-order valence-corrected chi connectivity index (χ2v) is 11.7. The SMILES string of the molecule is O=c1c2cnc(N3c4ccccc4C4=c5ccccc5=C(c5ccccc5S)C#CC43)nc2c2ccncc2n1-c1ccccc1. The van der Waals surface area contributed by atoms with Crippen molar-refractivity contribution >= 4 is 57.2 Å². The van der Waals surface area contributed by atoms with Crippen LogP contribution in [0.2, 0.25) is 0 Å². The van der Waals surface area contributed by atoms with Crippen molar-refractivity contribution in [2.24, 2.45) is 0 Å². The number of hydrogen-bond acceptors (Lipinski definition) is 6. The number of anilines is 2. The van der Waals surface area contributed by atoms with Crippen molar-refractivity contribution < 1.29 is 0 Å². The van der Waals surface area contributed by atoms with Gasteiger partial charge in [0.15, 0.2) is 0 Å². The van der Waals surface area contributed by atoms with Crippen LogP contribution in [0.5, 0.6) is 0 Å². The summed E-state index contributed by atoms with van der Waals surface area (Å²) in [5.74, 6) is 7.61. The van der Waals surface area contributed by atoms with Crippen LogP contribution in [0.1, 0.15) is 11.1 Å². The maximum atomic E-state index is 14.0. The maximum Gasteiger partial charge on any atom is 0.266 e. The average Bonchev–Trinajstić information content (AvgIpc) is 3.34. The lowest BCUT2D eigenvalue weighted by Crippen LogP contribution is -2.34. The van der Waals surface area contributed by atoms with Crippen LogP contribution in [0.4, 0.5) is 11.6 Å². The van der Waals surface area contributed by atoms with Crippen molar-refractivity contribution in [1.82, 2.24) is 19.5 Å². The molecule has 0 N–H and O–H groups in total. The summed E-state index contributed by atoms with van der Waals surface area (Å²) in [6, 6.07) is 35.9. The first-order chi connectivity index (χ1) is 22.7. The molecule has 46 heavy (non-hydrogen) atoms. The van der Waals surface area contributed by atoms with E-state index in [0.717, 1.165) is 54.4 Å². The Bertz CT molecular complexity index is 2650. The largest absolute Gasteiger partial charge is 0.291 e. The van der Waals surface area contributed by atoms with E-state index in [4.69, 9.17) is 22.6 Å². The average molecular weight is 610 g/mol. The standard InChI is InChI=1S/C39H23N5OS/c45-38-31-22-41-39(42-37(31)30-20-21-40-23-34(30)43(38)24-10-2-1-3-11-24)44-32-16-8-6-15-29(32)36-28-14-5-4-12-25(28)26(18-19-33(36)44)27-13-7-9-17-35(27)46/h1-17,20-23,33,46H. The molecule has 2 aliphatic rings. The normalized spacial score (nSPS) is 14.8. The molecule has 1 aliphatic carbocycles. The van der Waals surface area contributed by atoms with Gasteiger partial charge in [-0.25, -0.2) is 9.97 Å². The number of para-hydroxylation sites is 2. The van der Waals surface area contributed by atoms with Gasteiger partial charge < -0.3 is 0 Å². The zero-order valence-corrected chi connectivity index (χ0v) is 25.2. The number of pyridine rings is 2. The van der Waals surface area contributed by atoms with E-state index in [1.807, 2.05) is 60.7 Å². The van der Waals surface area contributed by atoms with Crippen LogP contribution < -0.4 is 20.9 Å². The predicted molar refractivity (Wildman–Crippen MR) is 185 cm³/mol. The summed E-state index contributed by atoms with van der Waals surface area (Å²) in [5, 5.41) is 3.40. The molecule has 4 aromatic carbocycles. The third kappa shape index (κ3) is 3.87. The van der Waals surface area contributed by atoms with E-state index in [1.165, 1.54) is 0 Å². The summed E-state index contributed by atoms with van der Waals surface area (Å²) in [6.45, 7) is 0. The van der Waals surface area contributed by atoms with Gasteiger partial charge in [0.2, 0.25) is 5.95 Å². The lowest BCUT2D eigenvalue weighted by molar-refractivity contribution is 0.954. The minimum absolute atomic E-state index is 0.199. The molecular formula is C39H23N5OS. The molecule has 3 aromatic heterocycles. The highest BCUT2D eigenvalue weighted by molar-refractivity contribution is 7.80. The Morgan fingerprint density at radius 1 is 0.739 bits per heavy atom. The smallest absolute Gasteiger partial charge is 0.266 e. The summed E-state index contributed by atoms with van der Waals surface area (Å²) in [7, 11) is 0. The molecule has 216 valence electrons. The van der Waals surface area contributed by atoms with Gasteiger partial charge in [-0.05, 0) is 40.8 Å². The number of nitrogens with zero attached hydrogens (tertiary/aromatic N) is 5. The Morgan fingerprint density at radius 2 is 1.48 bits per heavy atom. The quantitative estimate of drug-likeness (QED) is 0.162. The van der Waals surface area contributed by atoms with Crippen LogP contribution in [0.15, 0.2) is 137 Å². The van der Waals surface area contributed by atoms with Gasteiger partial charge in [0, 0.05) is 50.6 Å². The molecule has 1 unspecified atom stereocenters. The molecule has 6 nitrogen and oxygen atoms in total. The molecule has 9 rings (SSSR count). The third-order valence-corrected chi connectivity index (χ3v) is 9.10. The highest BCUT2D eigenvalue weighted by Crippen LogP contribution is 2.43. The molecule has 7 aromatic rings. The molecule has 0 amide bonds. The number of hydrogen-bond donors (Lipinski definition) is 1. The zero-order chi connectivity index (χ0) is 30.8. The fourth-order valence-corrected chi connectivity index (χ4v) is 6.97. The summed E-state index contributed by atoms with van der Waals surface area (Å²) in [6.07, 6.45) is 5.09. The van der Waals surface area contributed by atoms with Gasteiger partial charge in [-0.1, -0.05) is 90.7 Å². The van der Waals surface area contributed by atoms with Crippen LogP contribution in [-0.4, -0.2) is 25.6 Å². The van der Waals surface area contributed by atoms with Crippen LogP contribution >= 0.6 is 12.6 Å². The molecule has 0 fully saturated rings. The molecule has 0 radical (unpaired) electrons. The van der Waals surface area contributed by atoms with Gasteiger partial charge in [0.05, 0.1) is 28.3 Å². The molecule has 0 bridgehead atoms. The van der Waals surface area contributed by atoms with E-state index >= 15 is 0 Å². The predicted octanol–water partition coefficient (Wildman–Crippen LogP) is 5.55. The number of benzene rings is 4. The molecule has 7 heteroatoms. The highest BCUT2D eigenvalue weighted by atomic mass is 32.1. The van der Waals surface area contributed by atoms with Gasteiger partial charge in [0.1, 0.15) is 6.04 Å². The number of thiol groups is 1.